The number of aromatic nitrogens is 3. The van der Waals surface area contributed by atoms with Crippen LogP contribution in [0.15, 0.2) is 46.1 Å². The van der Waals surface area contributed by atoms with Gasteiger partial charge in [0.1, 0.15) is 5.65 Å². The molecule has 0 radical (unpaired) electrons. The summed E-state index contributed by atoms with van der Waals surface area (Å²) in [5.41, 5.74) is 1.33. The maximum Gasteiger partial charge on any atom is 0.332 e. The zero-order valence-corrected chi connectivity index (χ0v) is 13.5. The molecular formula is C17H16N4O3. The summed E-state index contributed by atoms with van der Waals surface area (Å²) in [5, 5.41) is 2.98. The third-order valence-corrected chi connectivity index (χ3v) is 3.86. The van der Waals surface area contributed by atoms with Crippen molar-refractivity contribution in [3.63, 3.8) is 0 Å². The fourth-order valence-corrected chi connectivity index (χ4v) is 2.44. The van der Waals surface area contributed by atoms with E-state index in [1.54, 1.807) is 19.2 Å². The topological polar surface area (TPSA) is 86.0 Å². The van der Waals surface area contributed by atoms with Crippen molar-refractivity contribution < 1.29 is 4.79 Å². The van der Waals surface area contributed by atoms with Gasteiger partial charge in [-0.2, -0.15) is 0 Å². The average Bonchev–Trinajstić information content (AvgIpc) is 2.58. The zero-order chi connectivity index (χ0) is 17.4. The van der Waals surface area contributed by atoms with E-state index in [1.165, 1.54) is 23.9 Å². The molecule has 3 rings (SSSR count). The first-order chi connectivity index (χ1) is 11.4. The minimum Gasteiger partial charge on any atom is -0.321 e. The number of anilines is 1. The molecule has 1 N–H and O–H groups in total. The van der Waals surface area contributed by atoms with E-state index in [1.807, 2.05) is 19.1 Å². The van der Waals surface area contributed by atoms with Gasteiger partial charge in [0.15, 0.2) is 0 Å². The van der Waals surface area contributed by atoms with E-state index in [2.05, 4.69) is 10.3 Å². The standard InChI is InChI=1S/C17H16N4O3/c1-10-4-6-11(7-5-10)15(22)19-12-8-13-14(18-9-12)20(2)17(24)21(3)16(13)23/h4-9H,1-3H3,(H,19,22). The van der Waals surface area contributed by atoms with Crippen LogP contribution in [-0.4, -0.2) is 20.0 Å². The fourth-order valence-electron chi connectivity index (χ4n) is 2.44. The highest BCUT2D eigenvalue weighted by Crippen LogP contribution is 2.13. The second-order valence-electron chi connectivity index (χ2n) is 5.62. The van der Waals surface area contributed by atoms with Gasteiger partial charge < -0.3 is 5.32 Å². The molecule has 0 spiro atoms. The Balaban J connectivity index is 2.02. The molecule has 0 aliphatic carbocycles. The Morgan fingerprint density at radius 3 is 2.42 bits per heavy atom. The molecule has 0 aliphatic heterocycles. The van der Waals surface area contributed by atoms with E-state index in [-0.39, 0.29) is 16.9 Å². The van der Waals surface area contributed by atoms with Crippen LogP contribution >= 0.6 is 0 Å². The summed E-state index contributed by atoms with van der Waals surface area (Å²) in [6, 6.07) is 8.66. The first-order valence-corrected chi connectivity index (χ1v) is 7.32. The summed E-state index contributed by atoms with van der Waals surface area (Å²) in [6.07, 6.45) is 1.42. The fraction of sp³-hybridized carbons (Fsp3) is 0.176. The third kappa shape index (κ3) is 2.60. The van der Waals surface area contributed by atoms with Crippen LogP contribution in [0.2, 0.25) is 0 Å². The van der Waals surface area contributed by atoms with Crippen molar-refractivity contribution in [3.8, 4) is 0 Å². The highest BCUT2D eigenvalue weighted by Gasteiger charge is 2.12. The number of carbonyl (C=O) groups is 1. The first-order valence-electron chi connectivity index (χ1n) is 7.32. The van der Waals surface area contributed by atoms with Gasteiger partial charge in [-0.05, 0) is 25.1 Å². The van der Waals surface area contributed by atoms with E-state index < -0.39 is 11.2 Å². The van der Waals surface area contributed by atoms with Crippen LogP contribution in [-0.2, 0) is 14.1 Å². The van der Waals surface area contributed by atoms with Gasteiger partial charge in [-0.3, -0.25) is 18.7 Å². The number of hydrogen-bond acceptors (Lipinski definition) is 4. The lowest BCUT2D eigenvalue weighted by atomic mass is 10.1. The van der Waals surface area contributed by atoms with Crippen LogP contribution in [0.3, 0.4) is 0 Å². The van der Waals surface area contributed by atoms with E-state index >= 15 is 0 Å². The normalized spacial score (nSPS) is 10.8. The smallest absolute Gasteiger partial charge is 0.321 e. The van der Waals surface area contributed by atoms with Crippen LogP contribution in [0, 0.1) is 6.92 Å². The highest BCUT2D eigenvalue weighted by atomic mass is 16.2. The molecule has 24 heavy (non-hydrogen) atoms. The SMILES string of the molecule is Cc1ccc(C(=O)Nc2cnc3c(c2)c(=O)n(C)c(=O)n3C)cc1. The highest BCUT2D eigenvalue weighted by molar-refractivity contribution is 6.04. The number of pyridine rings is 1. The van der Waals surface area contributed by atoms with Crippen molar-refractivity contribution in [1.82, 2.24) is 14.1 Å². The predicted octanol–water partition coefficient (Wildman–Crippen LogP) is 1.19. The minimum atomic E-state index is -0.452. The van der Waals surface area contributed by atoms with Crippen LogP contribution in [0.25, 0.3) is 11.0 Å². The molecule has 0 atom stereocenters. The lowest BCUT2D eigenvalue weighted by Crippen LogP contribution is -2.37. The molecule has 0 bridgehead atoms. The van der Waals surface area contributed by atoms with Gasteiger partial charge in [0, 0.05) is 19.7 Å². The Morgan fingerprint density at radius 1 is 1.08 bits per heavy atom. The number of carbonyl (C=O) groups excluding carboxylic acids is 1. The molecule has 0 unspecified atom stereocenters. The van der Waals surface area contributed by atoms with Gasteiger partial charge in [0.25, 0.3) is 11.5 Å². The van der Waals surface area contributed by atoms with Crippen LogP contribution in [0.1, 0.15) is 15.9 Å². The number of aryl methyl sites for hydroxylation is 2. The number of fused-ring (bicyclic) bond motifs is 1. The van der Waals surface area contributed by atoms with Gasteiger partial charge in [-0.1, -0.05) is 17.7 Å². The van der Waals surface area contributed by atoms with Crippen molar-refractivity contribution in [2.45, 2.75) is 6.92 Å². The van der Waals surface area contributed by atoms with E-state index in [9.17, 15) is 14.4 Å². The van der Waals surface area contributed by atoms with E-state index in [0.29, 0.717) is 11.3 Å². The summed E-state index contributed by atoms with van der Waals surface area (Å²) in [7, 11) is 2.95. The molecule has 1 amide bonds. The number of benzene rings is 1. The van der Waals surface area contributed by atoms with E-state index in [0.717, 1.165) is 10.1 Å². The van der Waals surface area contributed by atoms with Crippen LogP contribution < -0.4 is 16.6 Å². The second-order valence-corrected chi connectivity index (χ2v) is 5.62. The summed E-state index contributed by atoms with van der Waals surface area (Å²) in [4.78, 5) is 40.5. The Kier molecular flexibility index (Phi) is 3.76. The maximum absolute atomic E-state index is 12.3. The Morgan fingerprint density at radius 2 is 1.75 bits per heavy atom. The van der Waals surface area contributed by atoms with Gasteiger partial charge >= 0.3 is 5.69 Å². The molecule has 0 saturated carbocycles. The number of rotatable bonds is 2. The molecule has 0 fully saturated rings. The molecule has 0 aliphatic rings. The minimum absolute atomic E-state index is 0.265. The van der Waals surface area contributed by atoms with Gasteiger partial charge in [0.05, 0.1) is 17.3 Å². The van der Waals surface area contributed by atoms with Gasteiger partial charge in [0.2, 0.25) is 0 Å². The van der Waals surface area contributed by atoms with Crippen molar-refractivity contribution in [1.29, 1.82) is 0 Å². The first kappa shape index (κ1) is 15.7. The summed E-state index contributed by atoms with van der Waals surface area (Å²) in [6.45, 7) is 1.94. The lowest BCUT2D eigenvalue weighted by Gasteiger charge is -2.09. The molecule has 2 aromatic heterocycles. The van der Waals surface area contributed by atoms with Crippen molar-refractivity contribution in [2.75, 3.05) is 5.32 Å². The van der Waals surface area contributed by atoms with Crippen molar-refractivity contribution in [2.24, 2.45) is 14.1 Å². The Labute approximate surface area is 137 Å². The Hall–Kier alpha value is -3.22. The monoisotopic (exact) mass is 324 g/mol. The number of amides is 1. The predicted molar refractivity (Wildman–Crippen MR) is 91.4 cm³/mol. The second kappa shape index (κ2) is 5.77. The quantitative estimate of drug-likeness (QED) is 0.767. The largest absolute Gasteiger partial charge is 0.332 e. The molecule has 7 heteroatoms. The molecule has 122 valence electrons. The van der Waals surface area contributed by atoms with Crippen LogP contribution in [0.4, 0.5) is 5.69 Å². The van der Waals surface area contributed by atoms with Crippen LogP contribution in [0.5, 0.6) is 0 Å². The zero-order valence-electron chi connectivity index (χ0n) is 13.5. The third-order valence-electron chi connectivity index (χ3n) is 3.86. The molecule has 2 heterocycles. The molecule has 0 saturated heterocycles. The van der Waals surface area contributed by atoms with E-state index in [4.69, 9.17) is 0 Å². The molecule has 1 aromatic carbocycles. The maximum atomic E-state index is 12.3. The molecule has 3 aromatic rings. The molecular weight excluding hydrogens is 308 g/mol. The van der Waals surface area contributed by atoms with Crippen molar-refractivity contribution >= 4 is 22.6 Å². The summed E-state index contributed by atoms with van der Waals surface area (Å²) < 4.78 is 2.30. The molecule has 7 nitrogen and oxygen atoms in total. The summed E-state index contributed by atoms with van der Waals surface area (Å²) in [5.74, 6) is -0.294. The Bertz CT molecular complexity index is 1060. The van der Waals surface area contributed by atoms with Crippen molar-refractivity contribution in [3.05, 3.63) is 68.5 Å². The lowest BCUT2D eigenvalue weighted by molar-refractivity contribution is 0.102. The average molecular weight is 324 g/mol. The van der Waals surface area contributed by atoms with Gasteiger partial charge in [-0.15, -0.1) is 0 Å². The number of nitrogens with one attached hydrogen (secondary N) is 1. The number of nitrogens with zero attached hydrogens (tertiary/aromatic N) is 3. The number of hydrogen-bond donors (Lipinski definition) is 1. The van der Waals surface area contributed by atoms with Gasteiger partial charge in [-0.25, -0.2) is 9.78 Å². The summed E-state index contributed by atoms with van der Waals surface area (Å²) >= 11 is 0.